The van der Waals surface area contributed by atoms with Crippen LogP contribution in [0.25, 0.3) is 21.5 Å². The maximum Gasteiger partial charge on any atom is 0.573 e. The lowest BCUT2D eigenvalue weighted by Gasteiger charge is -2.33. The Kier molecular flexibility index (Phi) is 6.17. The van der Waals surface area contributed by atoms with Crippen LogP contribution in [0.5, 0.6) is 5.75 Å². The van der Waals surface area contributed by atoms with E-state index in [-0.39, 0.29) is 17.4 Å². The van der Waals surface area contributed by atoms with Crippen molar-refractivity contribution >= 4 is 51.5 Å². The highest BCUT2D eigenvalue weighted by Gasteiger charge is 2.45. The average molecular weight is 555 g/mol. The minimum Gasteiger partial charge on any atom is -0.406 e. The smallest absolute Gasteiger partial charge is 0.406 e. The molecule has 3 heterocycles. The Morgan fingerprint density at radius 2 is 2.00 bits per heavy atom. The van der Waals surface area contributed by atoms with Gasteiger partial charge in [0.25, 0.3) is 5.91 Å². The van der Waals surface area contributed by atoms with Crippen molar-refractivity contribution in [2.45, 2.75) is 38.6 Å². The van der Waals surface area contributed by atoms with E-state index < -0.39 is 11.9 Å². The van der Waals surface area contributed by atoms with Gasteiger partial charge >= 0.3 is 6.36 Å². The predicted molar refractivity (Wildman–Crippen MR) is 133 cm³/mol. The Hall–Kier alpha value is -2.82. The molecule has 36 heavy (non-hydrogen) atoms. The molecule has 0 unspecified atom stereocenters. The number of imidazole rings is 1. The van der Waals surface area contributed by atoms with Crippen LogP contribution in [0.3, 0.4) is 0 Å². The summed E-state index contributed by atoms with van der Waals surface area (Å²) in [5.74, 6) is -0.163. The molecule has 1 atom stereocenters. The average Bonchev–Trinajstić information content (AvgIpc) is 3.51. The maximum absolute atomic E-state index is 13.9. The van der Waals surface area contributed by atoms with E-state index in [1.807, 2.05) is 13.8 Å². The second-order valence-corrected chi connectivity index (χ2v) is 10.6. The summed E-state index contributed by atoms with van der Waals surface area (Å²) in [6.07, 6.45) is -3.47. The van der Waals surface area contributed by atoms with Gasteiger partial charge in [0, 0.05) is 18.2 Å². The molecule has 1 aliphatic heterocycles. The summed E-state index contributed by atoms with van der Waals surface area (Å²) in [6, 6.07) is 9.13. The number of hydrogen-bond donors (Lipinski definition) is 1. The zero-order valence-electron chi connectivity index (χ0n) is 19.0. The van der Waals surface area contributed by atoms with E-state index in [0.717, 1.165) is 6.42 Å². The number of fused-ring (bicyclic) bond motifs is 1. The van der Waals surface area contributed by atoms with E-state index in [2.05, 4.69) is 19.7 Å². The van der Waals surface area contributed by atoms with Gasteiger partial charge < -0.3 is 14.6 Å². The quantitative estimate of drug-likeness (QED) is 0.286. The number of aromatic nitrogens is 3. The number of nitrogens with one attached hydrogen (secondary N) is 1. The number of H-pyrrole nitrogens is 1. The third-order valence-corrected chi connectivity index (χ3v) is 8.04. The minimum atomic E-state index is -4.80. The van der Waals surface area contributed by atoms with Crippen LogP contribution in [0.1, 0.15) is 41.1 Å². The first-order valence-electron chi connectivity index (χ1n) is 11.0. The molecule has 6 nitrogen and oxygen atoms in total. The first-order chi connectivity index (χ1) is 17.0. The lowest BCUT2D eigenvalue weighted by Crippen LogP contribution is -2.44. The highest BCUT2D eigenvalue weighted by atomic mass is 35.5. The molecule has 0 bridgehead atoms. The molecule has 188 valence electrons. The van der Waals surface area contributed by atoms with Crippen LogP contribution in [-0.4, -0.2) is 38.7 Å². The van der Waals surface area contributed by atoms with Crippen molar-refractivity contribution in [2.24, 2.45) is 0 Å². The number of alkyl halides is 3. The standard InChI is InChI=1S/C24H19Cl2F3N4O2S/c1-12-30-19(20(36-12)14-5-3-6-15(25)18(14)26)21(34)33-10-4-9-23(33,2)22-31-16-8-7-13(11-17(16)32-22)35-24(27,28)29/h3,5-8,11H,4,9-10H2,1-2H3,(H,31,32)/t23-/m0/s1. The summed E-state index contributed by atoms with van der Waals surface area (Å²) in [5.41, 5.74) is 0.916. The first-order valence-corrected chi connectivity index (χ1v) is 12.5. The molecule has 5 rings (SSSR count). The van der Waals surface area contributed by atoms with Gasteiger partial charge in [0.1, 0.15) is 17.3 Å². The molecule has 1 aliphatic rings. The second kappa shape index (κ2) is 8.93. The fourth-order valence-corrected chi connectivity index (χ4v) is 5.93. The summed E-state index contributed by atoms with van der Waals surface area (Å²) in [6.45, 7) is 4.16. The summed E-state index contributed by atoms with van der Waals surface area (Å²) in [5, 5.41) is 1.42. The van der Waals surface area contributed by atoms with E-state index in [1.165, 1.54) is 29.5 Å². The lowest BCUT2D eigenvalue weighted by atomic mass is 9.97. The summed E-state index contributed by atoms with van der Waals surface area (Å²) < 4.78 is 42.0. The summed E-state index contributed by atoms with van der Waals surface area (Å²) >= 11 is 14.0. The highest BCUT2D eigenvalue weighted by Crippen LogP contribution is 2.43. The van der Waals surface area contributed by atoms with Crippen molar-refractivity contribution in [1.29, 1.82) is 0 Å². The normalized spacial score (nSPS) is 18.2. The summed E-state index contributed by atoms with van der Waals surface area (Å²) in [7, 11) is 0. The number of nitrogens with zero attached hydrogens (tertiary/aromatic N) is 3. The van der Waals surface area contributed by atoms with Gasteiger partial charge in [-0.3, -0.25) is 4.79 Å². The number of hydrogen-bond acceptors (Lipinski definition) is 5. The molecule has 1 fully saturated rings. The van der Waals surface area contributed by atoms with Crippen LogP contribution >= 0.6 is 34.5 Å². The number of amides is 1. The van der Waals surface area contributed by atoms with Gasteiger partial charge in [-0.25, -0.2) is 9.97 Å². The Morgan fingerprint density at radius 1 is 1.22 bits per heavy atom. The van der Waals surface area contributed by atoms with Gasteiger partial charge in [-0.2, -0.15) is 0 Å². The SMILES string of the molecule is Cc1nc(C(=O)N2CCC[C@@]2(C)c2nc3ccc(OC(F)(F)F)cc3[nH]2)c(-c2cccc(Cl)c2Cl)s1. The predicted octanol–water partition coefficient (Wildman–Crippen LogP) is 7.35. The lowest BCUT2D eigenvalue weighted by molar-refractivity contribution is -0.274. The van der Waals surface area contributed by atoms with Crippen LogP contribution < -0.4 is 4.74 Å². The summed E-state index contributed by atoms with van der Waals surface area (Å²) in [4.78, 5) is 28.4. The van der Waals surface area contributed by atoms with Crippen LogP contribution in [0.15, 0.2) is 36.4 Å². The fraction of sp³-hybridized carbons (Fsp3) is 0.292. The van der Waals surface area contributed by atoms with Gasteiger partial charge in [-0.05, 0) is 44.9 Å². The molecule has 0 saturated carbocycles. The van der Waals surface area contributed by atoms with Gasteiger partial charge in [0.2, 0.25) is 0 Å². The van der Waals surface area contributed by atoms with E-state index in [0.29, 0.717) is 55.3 Å². The van der Waals surface area contributed by atoms with Gasteiger partial charge in [0.15, 0.2) is 0 Å². The van der Waals surface area contributed by atoms with Crippen molar-refractivity contribution < 1.29 is 22.7 Å². The second-order valence-electron chi connectivity index (χ2n) is 8.66. The van der Waals surface area contributed by atoms with Crippen molar-refractivity contribution in [3.8, 4) is 16.2 Å². The minimum absolute atomic E-state index is 0.270. The van der Waals surface area contributed by atoms with Crippen molar-refractivity contribution in [1.82, 2.24) is 19.9 Å². The molecule has 4 aromatic rings. The maximum atomic E-state index is 13.9. The Morgan fingerprint density at radius 3 is 2.75 bits per heavy atom. The third-order valence-electron chi connectivity index (χ3n) is 6.22. The molecule has 2 aromatic carbocycles. The number of likely N-dealkylation sites (tertiary alicyclic amines) is 1. The van der Waals surface area contributed by atoms with E-state index in [4.69, 9.17) is 23.2 Å². The third kappa shape index (κ3) is 4.42. The zero-order valence-corrected chi connectivity index (χ0v) is 21.4. The monoisotopic (exact) mass is 554 g/mol. The molecule has 1 amide bonds. The molecule has 12 heteroatoms. The van der Waals surface area contributed by atoms with Crippen LogP contribution in [0.2, 0.25) is 10.0 Å². The van der Waals surface area contributed by atoms with Crippen LogP contribution in [0.4, 0.5) is 13.2 Å². The molecular formula is C24H19Cl2F3N4O2S. The number of carbonyl (C=O) groups is 1. The Labute approximate surface area is 218 Å². The number of halogens is 5. The zero-order chi connectivity index (χ0) is 25.8. The number of ether oxygens (including phenoxy) is 1. The molecule has 1 N–H and O–H groups in total. The molecule has 1 saturated heterocycles. The largest absolute Gasteiger partial charge is 0.573 e. The number of rotatable bonds is 4. The topological polar surface area (TPSA) is 71.1 Å². The van der Waals surface area contributed by atoms with E-state index in [9.17, 15) is 18.0 Å². The van der Waals surface area contributed by atoms with Crippen LogP contribution in [-0.2, 0) is 5.54 Å². The molecule has 0 aliphatic carbocycles. The number of thiazole rings is 1. The van der Waals surface area contributed by atoms with Gasteiger partial charge in [-0.15, -0.1) is 24.5 Å². The van der Waals surface area contributed by atoms with Gasteiger partial charge in [-0.1, -0.05) is 35.3 Å². The Bertz CT molecular complexity index is 1490. The van der Waals surface area contributed by atoms with E-state index >= 15 is 0 Å². The number of benzene rings is 2. The molecule has 0 spiro atoms. The molecular weight excluding hydrogens is 536 g/mol. The number of carbonyl (C=O) groups excluding carboxylic acids is 1. The number of aromatic amines is 1. The first kappa shape index (κ1) is 24.9. The molecule has 0 radical (unpaired) electrons. The van der Waals surface area contributed by atoms with Gasteiger partial charge in [0.05, 0.1) is 36.5 Å². The van der Waals surface area contributed by atoms with E-state index in [1.54, 1.807) is 23.1 Å². The Balaban J connectivity index is 1.52. The van der Waals surface area contributed by atoms with Crippen LogP contribution in [0, 0.1) is 6.92 Å². The highest BCUT2D eigenvalue weighted by molar-refractivity contribution is 7.15. The van der Waals surface area contributed by atoms with Crippen molar-refractivity contribution in [2.75, 3.05) is 6.54 Å². The van der Waals surface area contributed by atoms with Crippen molar-refractivity contribution in [3.63, 3.8) is 0 Å². The fourth-order valence-electron chi connectivity index (χ4n) is 4.54. The molecule has 2 aromatic heterocycles. The number of aryl methyl sites for hydroxylation is 1. The van der Waals surface area contributed by atoms with Crippen molar-refractivity contribution in [3.05, 3.63) is 63.0 Å².